The van der Waals surface area contributed by atoms with Gasteiger partial charge in [0.2, 0.25) is 0 Å². The first kappa shape index (κ1) is 10.4. The van der Waals surface area contributed by atoms with E-state index in [0.717, 1.165) is 13.0 Å². The van der Waals surface area contributed by atoms with Crippen LogP contribution in [0.25, 0.3) is 0 Å². The Hall–Kier alpha value is -1.70. The third-order valence-electron chi connectivity index (χ3n) is 1.94. The van der Waals surface area contributed by atoms with Crippen LogP contribution in [0.2, 0.25) is 0 Å². The fourth-order valence-electron chi connectivity index (χ4n) is 1.26. The molecule has 0 spiro atoms. The van der Waals surface area contributed by atoms with Gasteiger partial charge in [-0.2, -0.15) is 10.4 Å². The molecule has 0 aliphatic heterocycles. The molecule has 0 atom stereocenters. The normalized spacial score (nSPS) is 9.86. The molecular formula is C9H15N5. The first-order valence-corrected chi connectivity index (χ1v) is 4.55. The summed E-state index contributed by atoms with van der Waals surface area (Å²) in [5.41, 5.74) is 6.25. The lowest BCUT2D eigenvalue weighted by atomic mass is 10.3. The number of anilines is 2. The number of aromatic nitrogens is 2. The number of hydrogen-bond donors (Lipinski definition) is 1. The maximum atomic E-state index is 8.92. The van der Waals surface area contributed by atoms with Crippen LogP contribution in [0.3, 0.4) is 0 Å². The molecule has 1 aromatic rings. The predicted octanol–water partition coefficient (Wildman–Crippen LogP) is 0.813. The number of nitrogen functional groups attached to an aromatic ring is 1. The van der Waals surface area contributed by atoms with Gasteiger partial charge in [0.15, 0.2) is 5.82 Å². The van der Waals surface area contributed by atoms with Crippen LogP contribution in [0.4, 0.5) is 11.6 Å². The molecule has 0 fully saturated rings. The van der Waals surface area contributed by atoms with Crippen molar-refractivity contribution in [2.75, 3.05) is 24.7 Å². The second-order valence-electron chi connectivity index (χ2n) is 3.31. The molecule has 0 saturated heterocycles. The Balaban J connectivity index is 3.19. The van der Waals surface area contributed by atoms with E-state index in [1.807, 2.05) is 21.0 Å². The highest BCUT2D eigenvalue weighted by atomic mass is 15.4. The minimum atomic E-state index is 0.457. The largest absolute Gasteiger partial charge is 0.383 e. The number of hydrogen-bond acceptors (Lipinski definition) is 4. The van der Waals surface area contributed by atoms with Crippen molar-refractivity contribution < 1.29 is 0 Å². The molecule has 0 aromatic carbocycles. The van der Waals surface area contributed by atoms with Crippen molar-refractivity contribution in [1.82, 2.24) is 9.78 Å². The Kier molecular flexibility index (Phi) is 2.97. The summed E-state index contributed by atoms with van der Waals surface area (Å²) in [5, 5.41) is 13.2. The Labute approximate surface area is 83.7 Å². The van der Waals surface area contributed by atoms with E-state index in [9.17, 15) is 0 Å². The van der Waals surface area contributed by atoms with Gasteiger partial charge in [-0.3, -0.25) is 0 Å². The molecule has 1 aromatic heterocycles. The average molecular weight is 193 g/mol. The monoisotopic (exact) mass is 193 g/mol. The lowest BCUT2D eigenvalue weighted by Crippen LogP contribution is -2.11. The van der Waals surface area contributed by atoms with Gasteiger partial charge in [0.05, 0.1) is 0 Å². The van der Waals surface area contributed by atoms with Crippen LogP contribution in [0.5, 0.6) is 0 Å². The lowest BCUT2D eigenvalue weighted by molar-refractivity contribution is 0.610. The zero-order valence-corrected chi connectivity index (χ0v) is 8.78. The van der Waals surface area contributed by atoms with E-state index in [-0.39, 0.29) is 0 Å². The standard InChI is InChI=1S/C9H15N5/c1-4-5-14-8(11)7(6-10)9(12-14)13(2)3/h4-5,11H2,1-3H3. The highest BCUT2D eigenvalue weighted by Gasteiger charge is 2.15. The van der Waals surface area contributed by atoms with Crippen molar-refractivity contribution >= 4 is 11.6 Å². The van der Waals surface area contributed by atoms with Gasteiger partial charge in [-0.15, -0.1) is 0 Å². The van der Waals surface area contributed by atoms with E-state index in [4.69, 9.17) is 11.0 Å². The van der Waals surface area contributed by atoms with Crippen LogP contribution >= 0.6 is 0 Å². The van der Waals surface area contributed by atoms with Crippen molar-refractivity contribution in [3.63, 3.8) is 0 Å². The van der Waals surface area contributed by atoms with Gasteiger partial charge in [0.25, 0.3) is 0 Å². The quantitative estimate of drug-likeness (QED) is 0.771. The van der Waals surface area contributed by atoms with Gasteiger partial charge >= 0.3 is 0 Å². The molecule has 0 aliphatic carbocycles. The van der Waals surface area contributed by atoms with Crippen LogP contribution in [-0.4, -0.2) is 23.9 Å². The second kappa shape index (κ2) is 4.01. The minimum Gasteiger partial charge on any atom is -0.383 e. The summed E-state index contributed by atoms with van der Waals surface area (Å²) in [4.78, 5) is 1.79. The third-order valence-corrected chi connectivity index (χ3v) is 1.94. The minimum absolute atomic E-state index is 0.457. The van der Waals surface area contributed by atoms with Crippen molar-refractivity contribution in [2.45, 2.75) is 19.9 Å². The van der Waals surface area contributed by atoms with Crippen molar-refractivity contribution in [3.8, 4) is 6.07 Å². The molecule has 0 aliphatic rings. The summed E-state index contributed by atoms with van der Waals surface area (Å²) < 4.78 is 1.67. The van der Waals surface area contributed by atoms with E-state index in [2.05, 4.69) is 11.2 Å². The molecular weight excluding hydrogens is 178 g/mol. The zero-order valence-electron chi connectivity index (χ0n) is 8.78. The van der Waals surface area contributed by atoms with E-state index >= 15 is 0 Å². The maximum Gasteiger partial charge on any atom is 0.170 e. The smallest absolute Gasteiger partial charge is 0.170 e. The summed E-state index contributed by atoms with van der Waals surface area (Å²) in [7, 11) is 3.69. The highest BCUT2D eigenvalue weighted by molar-refractivity contribution is 5.64. The molecule has 0 amide bonds. The third kappa shape index (κ3) is 1.64. The van der Waals surface area contributed by atoms with Crippen molar-refractivity contribution in [2.24, 2.45) is 0 Å². The van der Waals surface area contributed by atoms with E-state index in [0.29, 0.717) is 17.2 Å². The molecule has 0 radical (unpaired) electrons. The molecule has 14 heavy (non-hydrogen) atoms. The second-order valence-corrected chi connectivity index (χ2v) is 3.31. The van der Waals surface area contributed by atoms with E-state index in [1.165, 1.54) is 0 Å². The number of nitriles is 1. The van der Waals surface area contributed by atoms with Gasteiger partial charge in [-0.05, 0) is 6.42 Å². The fraction of sp³-hybridized carbons (Fsp3) is 0.556. The maximum absolute atomic E-state index is 8.92. The van der Waals surface area contributed by atoms with Gasteiger partial charge in [0, 0.05) is 20.6 Å². The number of rotatable bonds is 3. The van der Waals surface area contributed by atoms with Crippen LogP contribution in [0.15, 0.2) is 0 Å². The van der Waals surface area contributed by atoms with Crippen LogP contribution in [0, 0.1) is 11.3 Å². The molecule has 5 nitrogen and oxygen atoms in total. The van der Waals surface area contributed by atoms with Crippen LogP contribution in [0.1, 0.15) is 18.9 Å². The molecule has 0 saturated carbocycles. The lowest BCUT2D eigenvalue weighted by Gasteiger charge is -2.07. The Bertz CT molecular complexity index is 358. The number of aryl methyl sites for hydroxylation is 1. The zero-order chi connectivity index (χ0) is 10.7. The van der Waals surface area contributed by atoms with Crippen molar-refractivity contribution in [3.05, 3.63) is 5.56 Å². The molecule has 1 heterocycles. The van der Waals surface area contributed by atoms with Crippen LogP contribution in [-0.2, 0) is 6.54 Å². The van der Waals surface area contributed by atoms with Crippen molar-refractivity contribution in [1.29, 1.82) is 5.26 Å². The van der Waals surface area contributed by atoms with Gasteiger partial charge in [0.1, 0.15) is 17.5 Å². The number of nitrogens with zero attached hydrogens (tertiary/aromatic N) is 4. The summed E-state index contributed by atoms with van der Waals surface area (Å²) >= 11 is 0. The number of nitrogens with two attached hydrogens (primary N) is 1. The molecule has 5 heteroatoms. The Morgan fingerprint density at radius 2 is 2.21 bits per heavy atom. The average Bonchev–Trinajstić information content (AvgIpc) is 2.44. The topological polar surface area (TPSA) is 70.9 Å². The molecule has 1 rings (SSSR count). The molecule has 0 unspecified atom stereocenters. The van der Waals surface area contributed by atoms with E-state index in [1.54, 1.807) is 9.58 Å². The van der Waals surface area contributed by atoms with Gasteiger partial charge < -0.3 is 10.6 Å². The highest BCUT2D eigenvalue weighted by Crippen LogP contribution is 2.22. The summed E-state index contributed by atoms with van der Waals surface area (Å²) in [6, 6.07) is 2.07. The Morgan fingerprint density at radius 3 is 2.57 bits per heavy atom. The Morgan fingerprint density at radius 1 is 1.57 bits per heavy atom. The molecule has 2 N–H and O–H groups in total. The fourth-order valence-corrected chi connectivity index (χ4v) is 1.26. The SMILES string of the molecule is CCCn1nc(N(C)C)c(C#N)c1N. The first-order chi connectivity index (χ1) is 6.61. The molecule has 76 valence electrons. The molecule has 0 bridgehead atoms. The predicted molar refractivity (Wildman–Crippen MR) is 56.0 cm³/mol. The summed E-state index contributed by atoms with van der Waals surface area (Å²) in [6.45, 7) is 2.79. The summed E-state index contributed by atoms with van der Waals surface area (Å²) in [5.74, 6) is 1.09. The van der Waals surface area contributed by atoms with Gasteiger partial charge in [-0.1, -0.05) is 6.92 Å². The van der Waals surface area contributed by atoms with Gasteiger partial charge in [-0.25, -0.2) is 4.68 Å². The first-order valence-electron chi connectivity index (χ1n) is 4.55. The van der Waals surface area contributed by atoms with Crippen LogP contribution < -0.4 is 10.6 Å². The van der Waals surface area contributed by atoms with E-state index < -0.39 is 0 Å². The summed E-state index contributed by atoms with van der Waals surface area (Å²) in [6.07, 6.45) is 0.948.